The van der Waals surface area contributed by atoms with Gasteiger partial charge in [-0.15, -0.1) is 0 Å². The molecule has 26 heavy (non-hydrogen) atoms. The summed E-state index contributed by atoms with van der Waals surface area (Å²) in [6.07, 6.45) is 3.63. The molecule has 2 atom stereocenters. The number of hydrogen-bond donors (Lipinski definition) is 2. The molecular formula is C20H28N4O2. The van der Waals surface area contributed by atoms with Gasteiger partial charge in [0.2, 0.25) is 5.91 Å². The smallest absolute Gasteiger partial charge is 0.239 e. The SMILES string of the molecule is CCCn1nccc1NC(=O)CN1CC[C@@H](c2ccccc2)[C@@H](CO)C1. The van der Waals surface area contributed by atoms with Crippen molar-refractivity contribution in [2.75, 3.05) is 31.6 Å². The Hall–Kier alpha value is -2.18. The molecule has 6 heteroatoms. The van der Waals surface area contributed by atoms with Gasteiger partial charge in [0.15, 0.2) is 0 Å². The highest BCUT2D eigenvalue weighted by Gasteiger charge is 2.30. The van der Waals surface area contributed by atoms with E-state index in [0.29, 0.717) is 12.5 Å². The summed E-state index contributed by atoms with van der Waals surface area (Å²) in [5.41, 5.74) is 1.28. The van der Waals surface area contributed by atoms with E-state index in [4.69, 9.17) is 0 Å². The van der Waals surface area contributed by atoms with Crippen LogP contribution in [0.3, 0.4) is 0 Å². The van der Waals surface area contributed by atoms with Crippen LogP contribution in [0.1, 0.15) is 31.2 Å². The maximum atomic E-state index is 12.4. The molecule has 1 amide bonds. The van der Waals surface area contributed by atoms with Crippen LogP contribution in [0.5, 0.6) is 0 Å². The molecule has 0 bridgehead atoms. The van der Waals surface area contributed by atoms with Gasteiger partial charge in [-0.1, -0.05) is 37.3 Å². The molecule has 1 aliphatic heterocycles. The van der Waals surface area contributed by atoms with Crippen LogP contribution >= 0.6 is 0 Å². The van der Waals surface area contributed by atoms with E-state index in [0.717, 1.165) is 38.3 Å². The summed E-state index contributed by atoms with van der Waals surface area (Å²) in [6.45, 7) is 4.95. The van der Waals surface area contributed by atoms with Gasteiger partial charge < -0.3 is 10.4 Å². The van der Waals surface area contributed by atoms with E-state index in [1.165, 1.54) is 5.56 Å². The Morgan fingerprint density at radius 3 is 2.85 bits per heavy atom. The molecule has 2 aromatic rings. The number of piperidine rings is 1. The summed E-state index contributed by atoms with van der Waals surface area (Å²) < 4.78 is 1.82. The number of aryl methyl sites for hydroxylation is 1. The van der Waals surface area contributed by atoms with Gasteiger partial charge in [-0.05, 0) is 30.9 Å². The monoisotopic (exact) mass is 356 g/mol. The van der Waals surface area contributed by atoms with Crippen molar-refractivity contribution >= 4 is 11.7 Å². The van der Waals surface area contributed by atoms with Crippen molar-refractivity contribution in [2.24, 2.45) is 5.92 Å². The number of carbonyl (C=O) groups is 1. The van der Waals surface area contributed by atoms with Gasteiger partial charge in [-0.3, -0.25) is 9.69 Å². The van der Waals surface area contributed by atoms with Crippen molar-refractivity contribution < 1.29 is 9.90 Å². The van der Waals surface area contributed by atoms with Crippen molar-refractivity contribution in [3.05, 3.63) is 48.2 Å². The second kappa shape index (κ2) is 8.96. The van der Waals surface area contributed by atoms with E-state index in [9.17, 15) is 9.90 Å². The van der Waals surface area contributed by atoms with Crippen molar-refractivity contribution in [3.8, 4) is 0 Å². The highest BCUT2D eigenvalue weighted by atomic mass is 16.3. The molecule has 1 fully saturated rings. The normalized spacial score (nSPS) is 20.8. The first-order valence-corrected chi connectivity index (χ1v) is 9.41. The molecule has 0 saturated carbocycles. The third kappa shape index (κ3) is 4.51. The van der Waals surface area contributed by atoms with Gasteiger partial charge in [-0.25, -0.2) is 4.68 Å². The summed E-state index contributed by atoms with van der Waals surface area (Å²) in [7, 11) is 0. The third-order valence-electron chi connectivity index (χ3n) is 5.07. The van der Waals surface area contributed by atoms with Gasteiger partial charge in [0.05, 0.1) is 12.7 Å². The van der Waals surface area contributed by atoms with Crippen LogP contribution in [0.15, 0.2) is 42.6 Å². The minimum absolute atomic E-state index is 0.0299. The Morgan fingerprint density at radius 1 is 1.31 bits per heavy atom. The Balaban J connectivity index is 1.56. The zero-order valence-corrected chi connectivity index (χ0v) is 15.3. The molecule has 1 aromatic heterocycles. The van der Waals surface area contributed by atoms with Crippen molar-refractivity contribution in [3.63, 3.8) is 0 Å². The predicted octanol–water partition coefficient (Wildman–Crippen LogP) is 2.33. The zero-order valence-electron chi connectivity index (χ0n) is 15.3. The van der Waals surface area contributed by atoms with Gasteiger partial charge in [0, 0.05) is 31.7 Å². The molecule has 1 aromatic carbocycles. The topological polar surface area (TPSA) is 70.4 Å². The Kier molecular flexibility index (Phi) is 6.41. The van der Waals surface area contributed by atoms with E-state index in [1.807, 2.05) is 28.9 Å². The number of anilines is 1. The zero-order chi connectivity index (χ0) is 18.4. The second-order valence-electron chi connectivity index (χ2n) is 6.97. The lowest BCUT2D eigenvalue weighted by Crippen LogP contribution is -2.44. The number of amides is 1. The summed E-state index contributed by atoms with van der Waals surface area (Å²) in [5.74, 6) is 1.23. The van der Waals surface area contributed by atoms with E-state index in [2.05, 4.69) is 34.4 Å². The number of nitrogens with zero attached hydrogens (tertiary/aromatic N) is 3. The average Bonchev–Trinajstić information content (AvgIpc) is 3.09. The van der Waals surface area contributed by atoms with Crippen LogP contribution in [0.2, 0.25) is 0 Å². The maximum Gasteiger partial charge on any atom is 0.239 e. The quantitative estimate of drug-likeness (QED) is 0.799. The number of aliphatic hydroxyl groups is 1. The molecule has 1 saturated heterocycles. The molecule has 3 rings (SSSR count). The summed E-state index contributed by atoms with van der Waals surface area (Å²) in [4.78, 5) is 14.6. The van der Waals surface area contributed by atoms with Crippen molar-refractivity contribution in [1.82, 2.24) is 14.7 Å². The molecule has 1 aliphatic rings. The average molecular weight is 356 g/mol. The minimum Gasteiger partial charge on any atom is -0.396 e. The van der Waals surface area contributed by atoms with E-state index in [-0.39, 0.29) is 18.4 Å². The summed E-state index contributed by atoms with van der Waals surface area (Å²) in [5, 5.41) is 17.0. The molecule has 0 spiro atoms. The first kappa shape index (κ1) is 18.6. The lowest BCUT2D eigenvalue weighted by Gasteiger charge is -2.37. The van der Waals surface area contributed by atoms with Crippen LogP contribution in [-0.2, 0) is 11.3 Å². The Bertz CT molecular complexity index is 701. The Morgan fingerprint density at radius 2 is 2.12 bits per heavy atom. The molecule has 2 N–H and O–H groups in total. The third-order valence-corrected chi connectivity index (χ3v) is 5.07. The number of benzene rings is 1. The highest BCUT2D eigenvalue weighted by molar-refractivity contribution is 5.91. The number of aliphatic hydroxyl groups excluding tert-OH is 1. The van der Waals surface area contributed by atoms with E-state index < -0.39 is 0 Å². The maximum absolute atomic E-state index is 12.4. The van der Waals surface area contributed by atoms with Crippen LogP contribution in [0, 0.1) is 5.92 Å². The van der Waals surface area contributed by atoms with Crippen LogP contribution in [0.4, 0.5) is 5.82 Å². The fourth-order valence-electron chi connectivity index (χ4n) is 3.79. The number of aromatic nitrogens is 2. The largest absolute Gasteiger partial charge is 0.396 e. The van der Waals surface area contributed by atoms with Gasteiger partial charge >= 0.3 is 0 Å². The lowest BCUT2D eigenvalue weighted by atomic mass is 9.81. The molecular weight excluding hydrogens is 328 g/mol. The summed E-state index contributed by atoms with van der Waals surface area (Å²) in [6, 6.07) is 12.2. The molecule has 6 nitrogen and oxygen atoms in total. The second-order valence-corrected chi connectivity index (χ2v) is 6.97. The highest BCUT2D eigenvalue weighted by Crippen LogP contribution is 2.32. The van der Waals surface area contributed by atoms with Gasteiger partial charge in [0.1, 0.15) is 5.82 Å². The first-order chi connectivity index (χ1) is 12.7. The van der Waals surface area contributed by atoms with E-state index >= 15 is 0 Å². The van der Waals surface area contributed by atoms with Crippen LogP contribution in [-0.4, -0.2) is 51.9 Å². The van der Waals surface area contributed by atoms with Crippen molar-refractivity contribution in [1.29, 1.82) is 0 Å². The minimum atomic E-state index is -0.0299. The molecule has 140 valence electrons. The Labute approximate surface area is 154 Å². The first-order valence-electron chi connectivity index (χ1n) is 9.41. The van der Waals surface area contributed by atoms with Crippen LogP contribution in [0.25, 0.3) is 0 Å². The van der Waals surface area contributed by atoms with Crippen molar-refractivity contribution in [2.45, 2.75) is 32.2 Å². The number of nitrogens with one attached hydrogen (secondary N) is 1. The number of hydrogen-bond acceptors (Lipinski definition) is 4. The molecule has 0 aliphatic carbocycles. The predicted molar refractivity (Wildman–Crippen MR) is 102 cm³/mol. The number of likely N-dealkylation sites (tertiary alicyclic amines) is 1. The fourth-order valence-corrected chi connectivity index (χ4v) is 3.79. The van der Waals surface area contributed by atoms with Gasteiger partial charge in [0.25, 0.3) is 0 Å². The molecule has 2 heterocycles. The fraction of sp³-hybridized carbons (Fsp3) is 0.500. The molecule has 0 unspecified atom stereocenters. The van der Waals surface area contributed by atoms with E-state index in [1.54, 1.807) is 6.20 Å². The lowest BCUT2D eigenvalue weighted by molar-refractivity contribution is -0.118. The number of rotatable bonds is 7. The molecule has 0 radical (unpaired) electrons. The number of carbonyl (C=O) groups excluding carboxylic acids is 1. The van der Waals surface area contributed by atoms with Gasteiger partial charge in [-0.2, -0.15) is 5.10 Å². The summed E-state index contributed by atoms with van der Waals surface area (Å²) >= 11 is 0. The van der Waals surface area contributed by atoms with Crippen LogP contribution < -0.4 is 5.32 Å². The standard InChI is InChI=1S/C20H28N4O2/c1-2-11-24-19(8-10-21-24)22-20(26)14-23-12-9-18(17(13-23)15-25)16-6-4-3-5-7-16/h3-8,10,17-18,25H,2,9,11-15H2,1H3,(H,22,26)/t17-,18+/m1/s1.